The molecular weight excluding hydrogens is 278 g/mol. The standard InChI is InChI=1S/C18H25NO3/c1-3-5-6-7-12-22-18(20)14-19-11-10-15-13-16(21-4-2)8-9-17(15)19/h8-11,13H,3-7,12,14H2,1-2H3. The van der Waals surface area contributed by atoms with E-state index in [0.717, 1.165) is 29.5 Å². The summed E-state index contributed by atoms with van der Waals surface area (Å²) in [6, 6.07) is 7.89. The second-order valence-corrected chi connectivity index (χ2v) is 5.38. The Kier molecular flexibility index (Phi) is 6.31. The van der Waals surface area contributed by atoms with E-state index in [1.807, 2.05) is 42.0 Å². The Morgan fingerprint density at radius 1 is 1.14 bits per heavy atom. The minimum absolute atomic E-state index is 0.178. The summed E-state index contributed by atoms with van der Waals surface area (Å²) >= 11 is 0. The molecule has 120 valence electrons. The molecule has 0 aliphatic rings. The summed E-state index contributed by atoms with van der Waals surface area (Å²) in [5, 5.41) is 1.07. The van der Waals surface area contributed by atoms with E-state index in [0.29, 0.717) is 13.2 Å². The van der Waals surface area contributed by atoms with Crippen LogP contribution in [0.5, 0.6) is 5.75 Å². The Morgan fingerprint density at radius 3 is 2.77 bits per heavy atom. The number of hydrogen-bond donors (Lipinski definition) is 0. The van der Waals surface area contributed by atoms with Gasteiger partial charge >= 0.3 is 5.97 Å². The van der Waals surface area contributed by atoms with Gasteiger partial charge in [0, 0.05) is 17.1 Å². The molecule has 0 N–H and O–H groups in total. The highest BCUT2D eigenvalue weighted by atomic mass is 16.5. The van der Waals surface area contributed by atoms with Gasteiger partial charge < -0.3 is 14.0 Å². The molecule has 4 heteroatoms. The van der Waals surface area contributed by atoms with Crippen molar-refractivity contribution in [1.29, 1.82) is 0 Å². The fourth-order valence-electron chi connectivity index (χ4n) is 2.47. The number of carbonyl (C=O) groups excluding carboxylic acids is 1. The molecule has 1 aromatic heterocycles. The van der Waals surface area contributed by atoms with Crippen molar-refractivity contribution < 1.29 is 14.3 Å². The fraction of sp³-hybridized carbons (Fsp3) is 0.500. The maximum atomic E-state index is 11.9. The average molecular weight is 303 g/mol. The van der Waals surface area contributed by atoms with Crippen LogP contribution in [-0.2, 0) is 16.1 Å². The number of carbonyl (C=O) groups is 1. The molecule has 0 aliphatic carbocycles. The largest absolute Gasteiger partial charge is 0.494 e. The van der Waals surface area contributed by atoms with Gasteiger partial charge in [-0.25, -0.2) is 0 Å². The van der Waals surface area contributed by atoms with Crippen molar-refractivity contribution in [3.05, 3.63) is 30.5 Å². The molecule has 22 heavy (non-hydrogen) atoms. The summed E-state index contributed by atoms with van der Waals surface area (Å²) in [6.45, 7) is 5.56. The molecule has 0 saturated carbocycles. The van der Waals surface area contributed by atoms with Gasteiger partial charge in [0.2, 0.25) is 0 Å². The zero-order chi connectivity index (χ0) is 15.8. The maximum Gasteiger partial charge on any atom is 0.325 e. The Morgan fingerprint density at radius 2 is 2.00 bits per heavy atom. The molecule has 1 aromatic carbocycles. The van der Waals surface area contributed by atoms with Crippen LogP contribution in [-0.4, -0.2) is 23.8 Å². The average Bonchev–Trinajstić information content (AvgIpc) is 2.90. The number of benzene rings is 1. The van der Waals surface area contributed by atoms with Gasteiger partial charge in [-0.2, -0.15) is 0 Å². The topological polar surface area (TPSA) is 40.5 Å². The van der Waals surface area contributed by atoms with Gasteiger partial charge in [-0.15, -0.1) is 0 Å². The first kappa shape index (κ1) is 16.4. The van der Waals surface area contributed by atoms with Crippen molar-refractivity contribution in [2.75, 3.05) is 13.2 Å². The predicted octanol–water partition coefficient (Wildman–Crippen LogP) is 4.16. The van der Waals surface area contributed by atoms with E-state index in [2.05, 4.69) is 6.92 Å². The SMILES string of the molecule is CCCCCCOC(=O)Cn1ccc2cc(OCC)ccc21. The number of nitrogens with zero attached hydrogens (tertiary/aromatic N) is 1. The molecule has 0 fully saturated rings. The third-order valence-electron chi connectivity index (χ3n) is 3.61. The number of ether oxygens (including phenoxy) is 2. The third-order valence-corrected chi connectivity index (χ3v) is 3.61. The second kappa shape index (κ2) is 8.47. The van der Waals surface area contributed by atoms with Crippen LogP contribution in [0.15, 0.2) is 30.5 Å². The van der Waals surface area contributed by atoms with Crippen LogP contribution in [0.4, 0.5) is 0 Å². The first-order valence-electron chi connectivity index (χ1n) is 8.12. The van der Waals surface area contributed by atoms with Crippen molar-refractivity contribution in [1.82, 2.24) is 4.57 Å². The van der Waals surface area contributed by atoms with Crippen molar-refractivity contribution in [3.8, 4) is 5.75 Å². The number of rotatable bonds is 9. The van der Waals surface area contributed by atoms with Gasteiger partial charge in [-0.3, -0.25) is 4.79 Å². The van der Waals surface area contributed by atoms with Crippen molar-refractivity contribution in [2.45, 2.75) is 46.1 Å². The summed E-state index contributed by atoms with van der Waals surface area (Å²) in [6.07, 6.45) is 6.37. The van der Waals surface area contributed by atoms with Crippen molar-refractivity contribution >= 4 is 16.9 Å². The van der Waals surface area contributed by atoms with Crippen LogP contribution in [0.3, 0.4) is 0 Å². The Labute approximate surface area is 132 Å². The van der Waals surface area contributed by atoms with E-state index in [1.54, 1.807) is 0 Å². The Balaban J connectivity index is 1.89. The zero-order valence-corrected chi connectivity index (χ0v) is 13.5. The first-order chi connectivity index (χ1) is 10.7. The highest BCUT2D eigenvalue weighted by Crippen LogP contribution is 2.22. The van der Waals surface area contributed by atoms with Crippen LogP contribution in [0.2, 0.25) is 0 Å². The molecule has 1 heterocycles. The molecule has 0 saturated heterocycles. The molecule has 4 nitrogen and oxygen atoms in total. The Hall–Kier alpha value is -1.97. The summed E-state index contributed by atoms with van der Waals surface area (Å²) < 4.78 is 12.7. The van der Waals surface area contributed by atoms with Crippen LogP contribution < -0.4 is 4.74 Å². The van der Waals surface area contributed by atoms with Gasteiger partial charge in [-0.1, -0.05) is 26.2 Å². The van der Waals surface area contributed by atoms with Crippen LogP contribution in [0, 0.1) is 0 Å². The summed E-state index contributed by atoms with van der Waals surface area (Å²) in [5.41, 5.74) is 1.02. The van der Waals surface area contributed by atoms with Crippen LogP contribution >= 0.6 is 0 Å². The quantitative estimate of drug-likeness (QED) is 0.516. The normalized spacial score (nSPS) is 10.8. The van der Waals surface area contributed by atoms with E-state index in [-0.39, 0.29) is 12.5 Å². The zero-order valence-electron chi connectivity index (χ0n) is 13.5. The lowest BCUT2D eigenvalue weighted by Crippen LogP contribution is -2.13. The predicted molar refractivity (Wildman–Crippen MR) is 88.2 cm³/mol. The second-order valence-electron chi connectivity index (χ2n) is 5.38. The van der Waals surface area contributed by atoms with E-state index in [9.17, 15) is 4.79 Å². The third kappa shape index (κ3) is 4.52. The van der Waals surface area contributed by atoms with Crippen molar-refractivity contribution in [3.63, 3.8) is 0 Å². The van der Waals surface area contributed by atoms with Crippen LogP contribution in [0.25, 0.3) is 10.9 Å². The van der Waals surface area contributed by atoms with E-state index >= 15 is 0 Å². The smallest absolute Gasteiger partial charge is 0.325 e. The van der Waals surface area contributed by atoms with Crippen molar-refractivity contribution in [2.24, 2.45) is 0 Å². The Bertz CT molecular complexity index is 603. The maximum absolute atomic E-state index is 11.9. The highest BCUT2D eigenvalue weighted by Gasteiger charge is 2.08. The summed E-state index contributed by atoms with van der Waals surface area (Å²) in [5.74, 6) is 0.675. The molecule has 0 aliphatic heterocycles. The molecule has 0 bridgehead atoms. The molecule has 0 atom stereocenters. The number of aromatic nitrogens is 1. The van der Waals surface area contributed by atoms with Gasteiger partial charge in [-0.05, 0) is 37.6 Å². The molecule has 2 rings (SSSR count). The fourth-order valence-corrected chi connectivity index (χ4v) is 2.47. The van der Waals surface area contributed by atoms with E-state index < -0.39 is 0 Å². The molecular formula is C18H25NO3. The molecule has 0 spiro atoms. The number of hydrogen-bond acceptors (Lipinski definition) is 3. The first-order valence-corrected chi connectivity index (χ1v) is 8.12. The molecule has 2 aromatic rings. The summed E-state index contributed by atoms with van der Waals surface area (Å²) in [4.78, 5) is 11.9. The van der Waals surface area contributed by atoms with Gasteiger partial charge in [0.25, 0.3) is 0 Å². The minimum atomic E-state index is -0.178. The summed E-state index contributed by atoms with van der Waals surface area (Å²) in [7, 11) is 0. The molecule has 0 radical (unpaired) electrons. The highest BCUT2D eigenvalue weighted by molar-refractivity contribution is 5.83. The van der Waals surface area contributed by atoms with Gasteiger partial charge in [0.15, 0.2) is 0 Å². The van der Waals surface area contributed by atoms with Gasteiger partial charge in [0.1, 0.15) is 12.3 Å². The number of unbranched alkanes of at least 4 members (excludes halogenated alkanes) is 3. The molecule has 0 unspecified atom stereocenters. The lowest BCUT2D eigenvalue weighted by molar-refractivity contribution is -0.144. The van der Waals surface area contributed by atoms with Crippen LogP contribution in [0.1, 0.15) is 39.5 Å². The monoisotopic (exact) mass is 303 g/mol. The van der Waals surface area contributed by atoms with E-state index in [4.69, 9.17) is 9.47 Å². The number of fused-ring (bicyclic) bond motifs is 1. The minimum Gasteiger partial charge on any atom is -0.494 e. The molecule has 0 amide bonds. The van der Waals surface area contributed by atoms with Gasteiger partial charge in [0.05, 0.1) is 13.2 Å². The number of esters is 1. The lowest BCUT2D eigenvalue weighted by atomic mass is 10.2. The lowest BCUT2D eigenvalue weighted by Gasteiger charge is -2.07. The van der Waals surface area contributed by atoms with E-state index in [1.165, 1.54) is 12.8 Å².